The summed E-state index contributed by atoms with van der Waals surface area (Å²) < 4.78 is 24.8. The van der Waals surface area contributed by atoms with E-state index in [0.717, 1.165) is 32.5 Å². The summed E-state index contributed by atoms with van der Waals surface area (Å²) in [6.07, 6.45) is 7.05. The van der Waals surface area contributed by atoms with Crippen LogP contribution in [0.4, 0.5) is 0 Å². The molecule has 3 fully saturated rings. The van der Waals surface area contributed by atoms with Gasteiger partial charge in [-0.25, -0.2) is 0 Å². The molecule has 7 aliphatic heterocycles. The molecule has 8 aliphatic rings. The fraction of sp³-hybridized carbons (Fsp3) is 0.636. The van der Waals surface area contributed by atoms with Crippen LogP contribution in [0.2, 0.25) is 0 Å². The number of aliphatic imine (C=N–C) groups is 1. The maximum Gasteiger partial charge on any atom is 0.315 e. The number of aliphatic hydroxyl groups is 2. The number of carbonyl (C=O) groups is 5. The fourth-order valence-electron chi connectivity index (χ4n) is 11.6. The van der Waals surface area contributed by atoms with Crippen LogP contribution in [-0.4, -0.2) is 160 Å². The number of esters is 1. The van der Waals surface area contributed by atoms with Gasteiger partial charge in [0.25, 0.3) is 11.7 Å². The van der Waals surface area contributed by atoms with Gasteiger partial charge < -0.3 is 59.6 Å². The maximum absolute atomic E-state index is 14.9. The van der Waals surface area contributed by atoms with Crippen LogP contribution in [0.1, 0.15) is 126 Å². The first-order valence-corrected chi connectivity index (χ1v) is 26.2. The van der Waals surface area contributed by atoms with E-state index < -0.39 is 94.6 Å². The topological polar surface area (TPSA) is 229 Å². The zero-order chi connectivity index (χ0) is 52.9. The van der Waals surface area contributed by atoms with E-state index in [0.29, 0.717) is 51.5 Å². The molecule has 7 heterocycles. The first-order chi connectivity index (χ1) is 34.5. The molecule has 0 unspecified atom stereocenters. The van der Waals surface area contributed by atoms with Gasteiger partial charge in [-0.1, -0.05) is 59.8 Å². The van der Waals surface area contributed by atoms with Crippen LogP contribution in [-0.2, 0) is 28.6 Å². The molecule has 0 aromatic heterocycles. The second kappa shape index (κ2) is 21.1. The summed E-state index contributed by atoms with van der Waals surface area (Å²) in [5, 5.41) is 41.8. The average Bonchev–Trinajstić information content (AvgIpc) is 3.86. The Bertz CT molecular complexity index is 2530. The van der Waals surface area contributed by atoms with Gasteiger partial charge >= 0.3 is 11.8 Å². The number of allylic oxidation sites excluding steroid dienone is 5. The Morgan fingerprint density at radius 3 is 2.32 bits per heavy atom. The lowest BCUT2D eigenvalue weighted by Crippen LogP contribution is -2.57. The molecule has 2 spiro atoms. The van der Waals surface area contributed by atoms with Crippen LogP contribution in [0, 0.1) is 36.5 Å². The third-order valence-corrected chi connectivity index (χ3v) is 16.3. The number of benzene rings is 1. The van der Waals surface area contributed by atoms with Crippen molar-refractivity contribution >= 4 is 35.1 Å². The molecule has 398 valence electrons. The summed E-state index contributed by atoms with van der Waals surface area (Å²) >= 11 is 0. The van der Waals surface area contributed by atoms with E-state index in [1.807, 2.05) is 6.92 Å². The van der Waals surface area contributed by atoms with Crippen LogP contribution in [0.25, 0.3) is 0 Å². The molecule has 1 aliphatic carbocycles. The van der Waals surface area contributed by atoms with Crippen molar-refractivity contribution in [3.05, 3.63) is 69.8 Å². The molecule has 8 atom stereocenters. The quantitative estimate of drug-likeness (QED) is 0.199. The first kappa shape index (κ1) is 53.9. The first-order valence-electron chi connectivity index (χ1n) is 26.2. The van der Waals surface area contributed by atoms with Crippen LogP contribution in [0.3, 0.4) is 0 Å². The number of amides is 2. The molecule has 1 aromatic rings. The van der Waals surface area contributed by atoms with E-state index in [4.69, 9.17) is 23.9 Å². The lowest BCUT2D eigenvalue weighted by Gasteiger charge is -2.46. The number of fused-ring (bicyclic) bond motifs is 13. The van der Waals surface area contributed by atoms with Crippen molar-refractivity contribution in [3.8, 4) is 11.5 Å². The van der Waals surface area contributed by atoms with Gasteiger partial charge in [-0.2, -0.15) is 0 Å². The standard InChI is InChI=1S/C55H76N6O12/c1-30(2)28-60-22-18-55(19-23-60)57-42-39-40-47(66)36(8)50-41(39)51(68)53(9,73-50)70-25-12-15-32(4)49(72-38(63)27-37(62)61-24-26-71-54(29-61)16-20-59(10)21-17-54)35(7)46(65)34(6)45(64)31(3)13-11-14-33(5)52(69)56-44(48(40)67)43(42)58-55/h11-14,25,30-32,34-35,45-46,49,58,64-66H,15-24,26-29H2,1-10H3,(H,56,69)/b13-11+,25-12+,33-14-/t31-,32+,34+,35+,45-,46+,49+,53-/m0/s1. The number of rotatable bonds is 5. The zero-order valence-corrected chi connectivity index (χ0v) is 44.2. The van der Waals surface area contributed by atoms with Gasteiger partial charge in [-0.05, 0) is 58.1 Å². The predicted octanol–water partition coefficient (Wildman–Crippen LogP) is 4.68. The maximum atomic E-state index is 14.9. The summed E-state index contributed by atoms with van der Waals surface area (Å²) in [6.45, 7) is 21.1. The number of phenols is 1. The van der Waals surface area contributed by atoms with E-state index in [1.165, 1.54) is 13.2 Å². The van der Waals surface area contributed by atoms with Crippen molar-refractivity contribution in [2.45, 2.75) is 136 Å². The number of likely N-dealkylation sites (tertiary alicyclic amines) is 2. The number of nitrogens with one attached hydrogen (secondary N) is 2. The molecule has 18 heteroatoms. The Balaban J connectivity index is 1.11. The Morgan fingerprint density at radius 1 is 0.932 bits per heavy atom. The van der Waals surface area contributed by atoms with Crippen molar-refractivity contribution < 1.29 is 58.2 Å². The smallest absolute Gasteiger partial charge is 0.315 e. The molecular formula is C55H76N6O12. The number of hydrogen-bond donors (Lipinski definition) is 5. The number of Topliss-reactive ketones (excluding diaryl/α,β-unsaturated/α-hetero) is 2. The average molecular weight is 1010 g/mol. The number of carbonyl (C=O) groups excluding carboxylic acids is 5. The highest BCUT2D eigenvalue weighted by molar-refractivity contribution is 6.34. The summed E-state index contributed by atoms with van der Waals surface area (Å²) in [5.41, 5.74) is -0.683. The number of aromatic hydroxyl groups is 1. The minimum atomic E-state index is -1.96. The number of phenolic OH excluding ortho intramolecular Hbond substituents is 1. The second-order valence-corrected chi connectivity index (χ2v) is 22.4. The lowest BCUT2D eigenvalue weighted by atomic mass is 9.79. The third-order valence-electron chi connectivity index (χ3n) is 16.3. The minimum absolute atomic E-state index is 0.0182. The van der Waals surface area contributed by atoms with Gasteiger partial charge in [0.15, 0.2) is 0 Å². The van der Waals surface area contributed by atoms with E-state index in [-0.39, 0.29) is 63.0 Å². The number of piperidine rings is 2. The Morgan fingerprint density at radius 2 is 1.63 bits per heavy atom. The van der Waals surface area contributed by atoms with Crippen LogP contribution < -0.4 is 15.4 Å². The van der Waals surface area contributed by atoms with Crippen molar-refractivity contribution in [2.75, 3.05) is 59.5 Å². The highest BCUT2D eigenvalue weighted by Crippen LogP contribution is 2.50. The number of morpholine rings is 1. The SMILES string of the molecule is C/C1=C/C=C/[C@H](C)[C@H](O)[C@@H](C)[C@@H](O)[C@@H](C)[C@H](OC(=O)CC(=O)N2CCOC3(CCN(C)CC3)C2)[C@H](C)C/C=C/O[C@@]2(C)Oc3c(C)c(O)c4c(c3C2=O)C2=NC3(CCN(CC(C)C)CC3)NC2=C(NC1=O)C4=O. The van der Waals surface area contributed by atoms with E-state index in [2.05, 4.69) is 41.3 Å². The van der Waals surface area contributed by atoms with Gasteiger partial charge in [-0.3, -0.25) is 29.0 Å². The molecule has 1 aromatic carbocycles. The summed E-state index contributed by atoms with van der Waals surface area (Å²) in [4.78, 5) is 82.7. The molecule has 9 rings (SSSR count). The summed E-state index contributed by atoms with van der Waals surface area (Å²) in [7, 11) is 2.05. The summed E-state index contributed by atoms with van der Waals surface area (Å²) in [6, 6.07) is 0. The highest BCUT2D eigenvalue weighted by Gasteiger charge is 2.54. The largest absolute Gasteiger partial charge is 0.507 e. The van der Waals surface area contributed by atoms with Gasteiger partial charge in [-0.15, -0.1) is 0 Å². The lowest BCUT2D eigenvalue weighted by molar-refractivity contribution is -0.169. The minimum Gasteiger partial charge on any atom is -0.507 e. The van der Waals surface area contributed by atoms with Gasteiger partial charge in [0, 0.05) is 100 Å². The van der Waals surface area contributed by atoms with Crippen molar-refractivity contribution in [2.24, 2.45) is 34.6 Å². The molecule has 3 saturated heterocycles. The predicted molar refractivity (Wildman–Crippen MR) is 272 cm³/mol. The Hall–Kier alpha value is -5.40. The number of ketones is 2. The van der Waals surface area contributed by atoms with E-state index >= 15 is 0 Å². The molecule has 2 amide bonds. The van der Waals surface area contributed by atoms with Crippen LogP contribution >= 0.6 is 0 Å². The van der Waals surface area contributed by atoms with Crippen molar-refractivity contribution in [1.82, 2.24) is 25.3 Å². The molecule has 73 heavy (non-hydrogen) atoms. The molecule has 18 nitrogen and oxygen atoms in total. The fourth-order valence-corrected chi connectivity index (χ4v) is 11.6. The van der Waals surface area contributed by atoms with E-state index in [1.54, 1.807) is 63.8 Å². The van der Waals surface area contributed by atoms with Crippen LogP contribution in [0.15, 0.2) is 52.5 Å². The molecule has 0 saturated carbocycles. The summed E-state index contributed by atoms with van der Waals surface area (Å²) in [5.74, 6) is -7.43. The van der Waals surface area contributed by atoms with Gasteiger partial charge in [0.1, 0.15) is 35.4 Å². The van der Waals surface area contributed by atoms with Crippen LogP contribution in [0.5, 0.6) is 11.5 Å². The molecule has 0 radical (unpaired) electrons. The molecular weight excluding hydrogens is 937 g/mol. The Labute approximate surface area is 428 Å². The third kappa shape index (κ3) is 10.6. The van der Waals surface area contributed by atoms with Crippen molar-refractivity contribution in [1.29, 1.82) is 0 Å². The zero-order valence-electron chi connectivity index (χ0n) is 44.2. The molecule has 5 N–H and O–H groups in total. The van der Waals surface area contributed by atoms with Crippen molar-refractivity contribution in [3.63, 3.8) is 0 Å². The second-order valence-electron chi connectivity index (χ2n) is 22.4. The van der Waals surface area contributed by atoms with Gasteiger partial charge in [0.2, 0.25) is 11.7 Å². The monoisotopic (exact) mass is 1010 g/mol. The normalized spacial score (nSPS) is 32.5. The number of nitrogens with zero attached hydrogens (tertiary/aromatic N) is 4. The Kier molecular flexibility index (Phi) is 15.6. The van der Waals surface area contributed by atoms with E-state index in [9.17, 15) is 39.3 Å². The number of aliphatic hydroxyl groups excluding tert-OH is 2. The van der Waals surface area contributed by atoms with Gasteiger partial charge in [0.05, 0.1) is 53.2 Å². The number of hydrogen-bond acceptors (Lipinski definition) is 16. The highest BCUT2D eigenvalue weighted by atomic mass is 16.7. The number of ether oxygens (including phenoxy) is 4. The molecule has 5 bridgehead atoms.